The zero-order valence-corrected chi connectivity index (χ0v) is 25.7. The minimum Gasteiger partial charge on any atom is -0.370 e. The number of aromatic nitrogens is 3. The predicted molar refractivity (Wildman–Crippen MR) is 172 cm³/mol. The van der Waals surface area contributed by atoms with Gasteiger partial charge in [0.1, 0.15) is 0 Å². The van der Waals surface area contributed by atoms with Gasteiger partial charge in [-0.25, -0.2) is 0 Å². The third kappa shape index (κ3) is 5.45. The summed E-state index contributed by atoms with van der Waals surface area (Å²) in [6, 6.07) is 18.7. The Labute approximate surface area is 253 Å². The zero-order chi connectivity index (χ0) is 28.7. The van der Waals surface area contributed by atoms with Crippen LogP contribution in [0, 0.1) is 25.7 Å². The largest absolute Gasteiger partial charge is 0.370 e. The number of anilines is 2. The number of benzene rings is 1. The highest BCUT2D eigenvalue weighted by atomic mass is 35.5. The second-order valence-corrected chi connectivity index (χ2v) is 12.6. The van der Waals surface area contributed by atoms with Gasteiger partial charge in [0, 0.05) is 55.3 Å². The van der Waals surface area contributed by atoms with Crippen LogP contribution in [0.5, 0.6) is 0 Å². The molecule has 2 saturated heterocycles. The van der Waals surface area contributed by atoms with Gasteiger partial charge in [-0.3, -0.25) is 9.97 Å². The van der Waals surface area contributed by atoms with E-state index in [1.54, 1.807) is 0 Å². The highest BCUT2D eigenvalue weighted by Crippen LogP contribution is 2.45. The van der Waals surface area contributed by atoms with Crippen molar-refractivity contribution in [2.75, 3.05) is 22.9 Å². The van der Waals surface area contributed by atoms with E-state index < -0.39 is 0 Å². The summed E-state index contributed by atoms with van der Waals surface area (Å²) in [7, 11) is 0. The van der Waals surface area contributed by atoms with Crippen molar-refractivity contribution >= 4 is 40.3 Å². The molecule has 0 bridgehead atoms. The van der Waals surface area contributed by atoms with Crippen LogP contribution < -0.4 is 15.1 Å². The summed E-state index contributed by atoms with van der Waals surface area (Å²) in [5, 5.41) is 5.04. The molecule has 2 fully saturated rings. The van der Waals surface area contributed by atoms with Crippen molar-refractivity contribution in [3.05, 3.63) is 106 Å². The number of pyridine rings is 2. The van der Waals surface area contributed by atoms with Crippen molar-refractivity contribution in [3.63, 3.8) is 0 Å². The van der Waals surface area contributed by atoms with Gasteiger partial charge in [0.15, 0.2) is 5.11 Å². The summed E-state index contributed by atoms with van der Waals surface area (Å²) in [5.41, 5.74) is 7.82. The third-order valence-electron chi connectivity index (χ3n) is 8.51. The lowest BCUT2D eigenvalue weighted by Crippen LogP contribution is -2.38. The van der Waals surface area contributed by atoms with Crippen molar-refractivity contribution < 1.29 is 0 Å². The lowest BCUT2D eigenvalue weighted by molar-refractivity contribution is 0.357. The van der Waals surface area contributed by atoms with Gasteiger partial charge in [0.05, 0.1) is 28.5 Å². The van der Waals surface area contributed by atoms with Crippen LogP contribution in [-0.4, -0.2) is 32.7 Å². The number of hydrogen-bond acceptors (Lipinski definition) is 4. The van der Waals surface area contributed by atoms with Gasteiger partial charge in [0.25, 0.3) is 0 Å². The average Bonchev–Trinajstić information content (AvgIpc) is 3.44. The van der Waals surface area contributed by atoms with Crippen molar-refractivity contribution in [2.45, 2.75) is 52.7 Å². The molecule has 6 nitrogen and oxygen atoms in total. The highest BCUT2D eigenvalue weighted by molar-refractivity contribution is 7.80. The van der Waals surface area contributed by atoms with Crippen molar-refractivity contribution in [2.24, 2.45) is 11.8 Å². The summed E-state index contributed by atoms with van der Waals surface area (Å²) in [6.07, 6.45) is 6.85. The average molecular weight is 585 g/mol. The number of thiocarbonyl (C=S) groups is 1. The minimum atomic E-state index is -0.113. The van der Waals surface area contributed by atoms with Gasteiger partial charge in [-0.2, -0.15) is 0 Å². The summed E-state index contributed by atoms with van der Waals surface area (Å²) >= 11 is 13.0. The molecule has 0 aliphatic carbocycles. The van der Waals surface area contributed by atoms with Crippen LogP contribution in [-0.2, 0) is 6.54 Å². The Bertz CT molecular complexity index is 1530. The fourth-order valence-electron chi connectivity index (χ4n) is 6.76. The second kappa shape index (κ2) is 11.5. The molecule has 5 heterocycles. The number of rotatable bonds is 6. The molecular weight excluding hydrogens is 548 g/mol. The molecule has 4 atom stereocenters. The Morgan fingerprint density at radius 3 is 2.49 bits per heavy atom. The quantitative estimate of drug-likeness (QED) is 0.241. The molecular formula is C33H37ClN6S. The summed E-state index contributed by atoms with van der Waals surface area (Å²) < 4.78 is 2.36. The molecule has 4 unspecified atom stereocenters. The van der Waals surface area contributed by atoms with E-state index in [1.807, 2.05) is 36.8 Å². The predicted octanol–water partition coefficient (Wildman–Crippen LogP) is 7.26. The second-order valence-electron chi connectivity index (χ2n) is 11.8. The van der Waals surface area contributed by atoms with E-state index in [9.17, 15) is 0 Å². The monoisotopic (exact) mass is 584 g/mol. The van der Waals surface area contributed by atoms with Gasteiger partial charge in [0.2, 0.25) is 0 Å². The summed E-state index contributed by atoms with van der Waals surface area (Å²) in [4.78, 5) is 13.7. The standard InChI is InChI=1S/C33H37ClN6S/c1-21-14-22(2)19-38(18-21)30-11-10-26(16-28(30)34)40-32(31(37-33(40)41)29-9-5-6-13-36-29)27-15-23(3)39(24(27)4)20-25-8-7-12-35-17-25/h5-13,15-17,21-22,31-32H,14,18-20H2,1-4H3,(H,37,41). The van der Waals surface area contributed by atoms with Gasteiger partial charge in [-0.1, -0.05) is 37.6 Å². The zero-order valence-electron chi connectivity index (χ0n) is 24.1. The van der Waals surface area contributed by atoms with Gasteiger partial charge in [-0.15, -0.1) is 0 Å². The SMILES string of the molecule is Cc1cc(C2C(c3ccccn3)NC(=S)N2c2ccc(N3CC(C)CC(C)C3)c(Cl)c2)c(C)n1Cc1cccnc1. The van der Waals surface area contributed by atoms with Crippen LogP contribution in [0.4, 0.5) is 11.4 Å². The van der Waals surface area contributed by atoms with Crippen molar-refractivity contribution in [3.8, 4) is 0 Å². The number of halogens is 1. The Hall–Kier alpha value is -3.42. The molecule has 0 radical (unpaired) electrons. The summed E-state index contributed by atoms with van der Waals surface area (Å²) in [5.74, 6) is 1.30. The lowest BCUT2D eigenvalue weighted by Gasteiger charge is -2.37. The Morgan fingerprint density at radius 2 is 1.80 bits per heavy atom. The van der Waals surface area contributed by atoms with Crippen LogP contribution in [0.25, 0.3) is 0 Å². The molecule has 0 amide bonds. The maximum absolute atomic E-state index is 7.03. The van der Waals surface area contributed by atoms with E-state index in [2.05, 4.69) is 88.8 Å². The molecule has 41 heavy (non-hydrogen) atoms. The first-order valence-electron chi connectivity index (χ1n) is 14.4. The van der Waals surface area contributed by atoms with Crippen LogP contribution in [0.2, 0.25) is 5.02 Å². The highest BCUT2D eigenvalue weighted by Gasteiger charge is 2.42. The fourth-order valence-corrected chi connectivity index (χ4v) is 7.40. The minimum absolute atomic E-state index is 0.0943. The maximum Gasteiger partial charge on any atom is 0.174 e. The Morgan fingerprint density at radius 1 is 1.00 bits per heavy atom. The van der Waals surface area contributed by atoms with Crippen LogP contribution >= 0.6 is 23.8 Å². The van der Waals surface area contributed by atoms with E-state index in [1.165, 1.54) is 28.9 Å². The molecule has 212 valence electrons. The molecule has 0 spiro atoms. The van der Waals surface area contributed by atoms with Gasteiger partial charge >= 0.3 is 0 Å². The molecule has 6 rings (SSSR count). The molecule has 8 heteroatoms. The third-order valence-corrected chi connectivity index (χ3v) is 9.13. The van der Waals surface area contributed by atoms with Gasteiger partial charge in [-0.05, 0) is 97.9 Å². The lowest BCUT2D eigenvalue weighted by atomic mass is 9.91. The normalized spacial score (nSPS) is 22.7. The first-order valence-corrected chi connectivity index (χ1v) is 15.2. The van der Waals surface area contributed by atoms with E-state index >= 15 is 0 Å². The van der Waals surface area contributed by atoms with Crippen molar-refractivity contribution in [1.29, 1.82) is 0 Å². The fraction of sp³-hybridized carbons (Fsp3) is 0.364. The van der Waals surface area contributed by atoms with Crippen LogP contribution in [0.3, 0.4) is 0 Å². The Balaban J connectivity index is 1.40. The topological polar surface area (TPSA) is 49.2 Å². The number of nitrogens with zero attached hydrogens (tertiary/aromatic N) is 5. The molecule has 3 aromatic heterocycles. The van der Waals surface area contributed by atoms with Crippen LogP contribution in [0.15, 0.2) is 73.2 Å². The molecule has 1 N–H and O–H groups in total. The van der Waals surface area contributed by atoms with E-state index in [0.29, 0.717) is 16.9 Å². The van der Waals surface area contributed by atoms with Crippen molar-refractivity contribution in [1.82, 2.24) is 19.9 Å². The van der Waals surface area contributed by atoms with Crippen LogP contribution in [0.1, 0.15) is 60.6 Å². The van der Waals surface area contributed by atoms with Gasteiger partial charge < -0.3 is 19.7 Å². The summed E-state index contributed by atoms with van der Waals surface area (Å²) in [6.45, 7) is 11.8. The van der Waals surface area contributed by atoms with E-state index in [-0.39, 0.29) is 12.1 Å². The molecule has 0 saturated carbocycles. The number of piperidine rings is 1. The van der Waals surface area contributed by atoms with E-state index in [0.717, 1.165) is 41.7 Å². The molecule has 1 aromatic carbocycles. The molecule has 4 aromatic rings. The number of nitrogens with one attached hydrogen (secondary N) is 1. The number of hydrogen-bond donors (Lipinski definition) is 1. The number of aryl methyl sites for hydroxylation is 1. The molecule has 2 aliphatic heterocycles. The first-order chi connectivity index (χ1) is 19.8. The smallest absolute Gasteiger partial charge is 0.174 e. The van der Waals surface area contributed by atoms with E-state index in [4.69, 9.17) is 28.8 Å². The molecule has 2 aliphatic rings. The maximum atomic E-state index is 7.03. The first kappa shape index (κ1) is 27.7. The Kier molecular flexibility index (Phi) is 7.75.